The predicted molar refractivity (Wildman–Crippen MR) is 129 cm³/mol. The Labute approximate surface area is 200 Å². The standard InChI is InChI=1S/C22H29N3O7S2/c1-16-11-17(2)13-19(12-16)25(33(4,27)28)15-22(26)23-18-5-6-20(31-3)21(14-18)34(29,30)24-7-9-32-10-8-24/h5-6,11-14H,7-10,15H2,1-4H3,(H,23,26). The lowest BCUT2D eigenvalue weighted by Gasteiger charge is -2.27. The Morgan fingerprint density at radius 2 is 1.68 bits per heavy atom. The molecule has 1 fully saturated rings. The number of benzene rings is 2. The zero-order chi connectivity index (χ0) is 25.1. The highest BCUT2D eigenvalue weighted by Crippen LogP contribution is 2.30. The van der Waals surface area contributed by atoms with Crippen molar-refractivity contribution in [3.63, 3.8) is 0 Å². The molecule has 0 aromatic heterocycles. The lowest BCUT2D eigenvalue weighted by Crippen LogP contribution is -2.40. The van der Waals surface area contributed by atoms with Crippen molar-refractivity contribution in [2.75, 3.05) is 55.8 Å². The summed E-state index contributed by atoms with van der Waals surface area (Å²) in [5.74, 6) is -0.484. The summed E-state index contributed by atoms with van der Waals surface area (Å²) >= 11 is 0. The fourth-order valence-electron chi connectivity index (χ4n) is 3.71. The number of anilines is 2. The molecular formula is C22H29N3O7S2. The number of hydrogen-bond acceptors (Lipinski definition) is 7. The molecule has 1 amide bonds. The molecule has 0 atom stereocenters. The van der Waals surface area contributed by atoms with Crippen LogP contribution in [0, 0.1) is 13.8 Å². The van der Waals surface area contributed by atoms with Crippen LogP contribution in [0.15, 0.2) is 41.3 Å². The van der Waals surface area contributed by atoms with Crippen LogP contribution in [0.5, 0.6) is 5.75 Å². The van der Waals surface area contributed by atoms with Gasteiger partial charge in [0.15, 0.2) is 0 Å². The van der Waals surface area contributed by atoms with Gasteiger partial charge in [0.2, 0.25) is 26.0 Å². The number of rotatable bonds is 8. The number of aryl methyl sites for hydroxylation is 2. The molecule has 0 saturated carbocycles. The van der Waals surface area contributed by atoms with Gasteiger partial charge in [-0.1, -0.05) is 6.07 Å². The Hall–Kier alpha value is -2.67. The Balaban J connectivity index is 1.87. The van der Waals surface area contributed by atoms with E-state index in [4.69, 9.17) is 9.47 Å². The van der Waals surface area contributed by atoms with Crippen molar-refractivity contribution in [2.45, 2.75) is 18.7 Å². The first-order chi connectivity index (χ1) is 15.9. The molecule has 0 unspecified atom stereocenters. The summed E-state index contributed by atoms with van der Waals surface area (Å²) in [4.78, 5) is 12.7. The van der Waals surface area contributed by atoms with Crippen LogP contribution in [0.1, 0.15) is 11.1 Å². The highest BCUT2D eigenvalue weighted by Gasteiger charge is 2.30. The zero-order valence-electron chi connectivity index (χ0n) is 19.6. The third-order valence-electron chi connectivity index (χ3n) is 5.22. The summed E-state index contributed by atoms with van der Waals surface area (Å²) in [5.41, 5.74) is 2.29. The van der Waals surface area contributed by atoms with Crippen molar-refractivity contribution in [1.29, 1.82) is 0 Å². The van der Waals surface area contributed by atoms with E-state index >= 15 is 0 Å². The molecule has 0 radical (unpaired) electrons. The third-order valence-corrected chi connectivity index (χ3v) is 8.28. The van der Waals surface area contributed by atoms with E-state index in [9.17, 15) is 21.6 Å². The molecule has 34 heavy (non-hydrogen) atoms. The monoisotopic (exact) mass is 511 g/mol. The van der Waals surface area contributed by atoms with Gasteiger partial charge >= 0.3 is 0 Å². The highest BCUT2D eigenvalue weighted by atomic mass is 32.2. The first kappa shape index (κ1) is 25.9. The number of amides is 1. The van der Waals surface area contributed by atoms with E-state index in [2.05, 4.69) is 5.32 Å². The second-order valence-corrected chi connectivity index (χ2v) is 11.9. The molecule has 2 aromatic rings. The van der Waals surface area contributed by atoms with Crippen molar-refractivity contribution in [3.8, 4) is 5.75 Å². The Bertz CT molecular complexity index is 1250. The number of nitrogens with one attached hydrogen (secondary N) is 1. The molecule has 186 valence electrons. The lowest BCUT2D eigenvalue weighted by atomic mass is 10.1. The van der Waals surface area contributed by atoms with E-state index in [0.29, 0.717) is 5.69 Å². The van der Waals surface area contributed by atoms with E-state index in [1.54, 1.807) is 12.1 Å². The maximum atomic E-state index is 13.2. The maximum Gasteiger partial charge on any atom is 0.246 e. The largest absolute Gasteiger partial charge is 0.495 e. The van der Waals surface area contributed by atoms with E-state index in [-0.39, 0.29) is 42.6 Å². The van der Waals surface area contributed by atoms with Gasteiger partial charge in [-0.05, 0) is 55.3 Å². The number of sulfonamides is 2. The molecule has 0 spiro atoms. The third kappa shape index (κ3) is 6.06. The normalized spacial score (nSPS) is 15.1. The Morgan fingerprint density at radius 3 is 2.24 bits per heavy atom. The van der Waals surface area contributed by atoms with Gasteiger partial charge in [0.1, 0.15) is 17.2 Å². The molecule has 1 heterocycles. The molecule has 3 rings (SSSR count). The summed E-state index contributed by atoms with van der Waals surface area (Å²) < 4.78 is 63.9. The van der Waals surface area contributed by atoms with Crippen LogP contribution in [0.4, 0.5) is 11.4 Å². The van der Waals surface area contributed by atoms with Gasteiger partial charge in [-0.2, -0.15) is 4.31 Å². The molecule has 0 aliphatic carbocycles. The number of methoxy groups -OCH3 is 1. The number of hydrogen-bond donors (Lipinski definition) is 1. The highest BCUT2D eigenvalue weighted by molar-refractivity contribution is 7.92. The number of ether oxygens (including phenoxy) is 2. The van der Waals surface area contributed by atoms with Crippen molar-refractivity contribution >= 4 is 37.3 Å². The number of carbonyl (C=O) groups is 1. The van der Waals surface area contributed by atoms with Gasteiger partial charge in [-0.3, -0.25) is 9.10 Å². The molecule has 0 bridgehead atoms. The fourth-order valence-corrected chi connectivity index (χ4v) is 6.14. The minimum atomic E-state index is -3.89. The summed E-state index contributed by atoms with van der Waals surface area (Å²) in [6.07, 6.45) is 1.03. The van der Waals surface area contributed by atoms with Crippen LogP contribution in [-0.4, -0.2) is 73.3 Å². The lowest BCUT2D eigenvalue weighted by molar-refractivity contribution is -0.114. The van der Waals surface area contributed by atoms with E-state index in [1.165, 1.54) is 29.6 Å². The molecule has 2 aromatic carbocycles. The molecular weight excluding hydrogens is 482 g/mol. The van der Waals surface area contributed by atoms with Crippen molar-refractivity contribution < 1.29 is 31.1 Å². The van der Waals surface area contributed by atoms with Crippen LogP contribution in [0.3, 0.4) is 0 Å². The van der Waals surface area contributed by atoms with Crippen LogP contribution in [-0.2, 0) is 29.6 Å². The molecule has 1 saturated heterocycles. The van der Waals surface area contributed by atoms with Crippen molar-refractivity contribution in [1.82, 2.24) is 4.31 Å². The number of carbonyl (C=O) groups excluding carboxylic acids is 1. The van der Waals surface area contributed by atoms with Crippen molar-refractivity contribution in [2.24, 2.45) is 0 Å². The first-order valence-electron chi connectivity index (χ1n) is 10.5. The number of nitrogens with zero attached hydrogens (tertiary/aromatic N) is 2. The van der Waals surface area contributed by atoms with Gasteiger partial charge in [0.05, 0.1) is 32.3 Å². The van der Waals surface area contributed by atoms with Gasteiger partial charge < -0.3 is 14.8 Å². The zero-order valence-corrected chi connectivity index (χ0v) is 21.2. The van der Waals surface area contributed by atoms with E-state index in [0.717, 1.165) is 21.7 Å². The predicted octanol–water partition coefficient (Wildman–Crippen LogP) is 1.74. The minimum Gasteiger partial charge on any atom is -0.495 e. The summed E-state index contributed by atoms with van der Waals surface area (Å²) in [6.45, 7) is 4.20. The molecule has 10 nitrogen and oxygen atoms in total. The minimum absolute atomic E-state index is 0.0935. The van der Waals surface area contributed by atoms with Gasteiger partial charge in [-0.25, -0.2) is 16.8 Å². The molecule has 12 heteroatoms. The van der Waals surface area contributed by atoms with Crippen molar-refractivity contribution in [3.05, 3.63) is 47.5 Å². The summed E-state index contributed by atoms with van der Waals surface area (Å²) in [5, 5.41) is 2.60. The second-order valence-electron chi connectivity index (χ2n) is 8.05. The van der Waals surface area contributed by atoms with Gasteiger partial charge in [0.25, 0.3) is 0 Å². The van der Waals surface area contributed by atoms with E-state index < -0.39 is 32.5 Å². The SMILES string of the molecule is COc1ccc(NC(=O)CN(c2cc(C)cc(C)c2)S(C)(=O)=O)cc1S(=O)(=O)N1CCOCC1. The van der Waals surface area contributed by atoms with Crippen LogP contribution in [0.2, 0.25) is 0 Å². The Morgan fingerprint density at radius 1 is 1.06 bits per heavy atom. The van der Waals surface area contributed by atoms with Crippen LogP contribution in [0.25, 0.3) is 0 Å². The quantitative estimate of drug-likeness (QED) is 0.573. The molecule has 1 aliphatic heterocycles. The molecule has 1 aliphatic rings. The smallest absolute Gasteiger partial charge is 0.246 e. The topological polar surface area (TPSA) is 122 Å². The summed E-state index contributed by atoms with van der Waals surface area (Å²) in [7, 11) is -6.29. The van der Waals surface area contributed by atoms with Gasteiger partial charge in [0, 0.05) is 18.8 Å². The average Bonchev–Trinajstić information content (AvgIpc) is 2.76. The van der Waals surface area contributed by atoms with E-state index in [1.807, 2.05) is 19.9 Å². The number of morpholine rings is 1. The second kappa shape index (κ2) is 10.3. The fraction of sp³-hybridized carbons (Fsp3) is 0.409. The Kier molecular flexibility index (Phi) is 7.86. The maximum absolute atomic E-state index is 13.2. The van der Waals surface area contributed by atoms with Gasteiger partial charge in [-0.15, -0.1) is 0 Å². The molecule has 1 N–H and O–H groups in total. The van der Waals surface area contributed by atoms with Crippen LogP contribution < -0.4 is 14.4 Å². The van der Waals surface area contributed by atoms with Crippen LogP contribution >= 0.6 is 0 Å². The average molecular weight is 512 g/mol. The first-order valence-corrected chi connectivity index (χ1v) is 13.8. The summed E-state index contributed by atoms with van der Waals surface area (Å²) in [6, 6.07) is 9.52.